The third-order valence-corrected chi connectivity index (χ3v) is 7.21. The van der Waals surface area contributed by atoms with Gasteiger partial charge in [0.25, 0.3) is 0 Å². The van der Waals surface area contributed by atoms with Gasteiger partial charge in [0.05, 0.1) is 0 Å². The van der Waals surface area contributed by atoms with Crippen LogP contribution in [0.25, 0.3) is 0 Å². The van der Waals surface area contributed by atoms with Crippen LogP contribution in [0, 0.1) is 27.7 Å². The average Bonchev–Trinajstić information content (AvgIpc) is 3.38. The molecule has 2 heterocycles. The quantitative estimate of drug-likeness (QED) is 0.268. The molecule has 4 rings (SSSR count). The molecule has 37 heavy (non-hydrogen) atoms. The van der Waals surface area contributed by atoms with Gasteiger partial charge in [-0.25, -0.2) is 9.59 Å². The number of benzene rings is 2. The monoisotopic (exact) mass is 498 g/mol. The van der Waals surface area contributed by atoms with Crippen LogP contribution in [-0.2, 0) is 28.1 Å². The van der Waals surface area contributed by atoms with Crippen molar-refractivity contribution in [2.45, 2.75) is 60.2 Å². The summed E-state index contributed by atoms with van der Waals surface area (Å²) < 4.78 is 11.2. The Hall–Kier alpha value is -4.06. The molecule has 2 aromatic carbocycles. The molecule has 2 aromatic heterocycles. The number of ether oxygens (including phenoxy) is 2. The van der Waals surface area contributed by atoms with Crippen LogP contribution in [0.2, 0.25) is 0 Å². The molecule has 0 unspecified atom stereocenters. The zero-order chi connectivity index (χ0) is 26.7. The van der Waals surface area contributed by atoms with Crippen molar-refractivity contribution in [1.82, 2.24) is 9.97 Å². The number of carbonyl (C=O) groups is 2. The predicted molar refractivity (Wildman–Crippen MR) is 144 cm³/mol. The molecule has 0 aliphatic heterocycles. The fraction of sp³-hybridized carbons (Fsp3) is 0.290. The first-order valence-electron chi connectivity index (χ1n) is 12.4. The lowest BCUT2D eigenvalue weighted by atomic mass is 9.81. The van der Waals surface area contributed by atoms with Gasteiger partial charge in [-0.3, -0.25) is 0 Å². The van der Waals surface area contributed by atoms with E-state index in [4.69, 9.17) is 9.47 Å². The minimum atomic E-state index is -0.542. The molecule has 0 fully saturated rings. The van der Waals surface area contributed by atoms with E-state index < -0.39 is 17.4 Å². The topological polar surface area (TPSA) is 84.2 Å². The summed E-state index contributed by atoms with van der Waals surface area (Å²) in [5, 5.41) is 0. The molecule has 0 aliphatic carbocycles. The smallest absolute Gasteiger partial charge is 0.355 e. The molecule has 0 bridgehead atoms. The lowest BCUT2D eigenvalue weighted by Crippen LogP contribution is -2.23. The number of aromatic amines is 2. The van der Waals surface area contributed by atoms with Gasteiger partial charge < -0.3 is 19.4 Å². The summed E-state index contributed by atoms with van der Waals surface area (Å²) in [5.41, 5.74) is 7.67. The molecule has 0 aliphatic rings. The lowest BCUT2D eigenvalue weighted by molar-refractivity contribution is 0.0457. The highest BCUT2D eigenvalue weighted by Gasteiger charge is 2.34. The highest BCUT2D eigenvalue weighted by atomic mass is 16.5. The lowest BCUT2D eigenvalue weighted by Gasteiger charge is -2.25. The van der Waals surface area contributed by atoms with E-state index in [0.717, 1.165) is 44.8 Å². The number of aromatic nitrogens is 2. The van der Waals surface area contributed by atoms with Crippen molar-refractivity contribution in [3.05, 3.63) is 117 Å². The van der Waals surface area contributed by atoms with Crippen LogP contribution in [-0.4, -0.2) is 21.9 Å². The summed E-state index contributed by atoms with van der Waals surface area (Å²) in [7, 11) is 0. The predicted octanol–water partition coefficient (Wildman–Crippen LogP) is 6.62. The van der Waals surface area contributed by atoms with Crippen LogP contribution in [0.5, 0.6) is 0 Å². The van der Waals surface area contributed by atoms with Crippen molar-refractivity contribution in [3.63, 3.8) is 0 Å². The van der Waals surface area contributed by atoms with Gasteiger partial charge in [-0.1, -0.05) is 60.7 Å². The van der Waals surface area contributed by atoms with Crippen LogP contribution < -0.4 is 0 Å². The van der Waals surface area contributed by atoms with E-state index in [1.165, 1.54) is 0 Å². The van der Waals surface area contributed by atoms with E-state index in [1.807, 2.05) is 88.4 Å². The Morgan fingerprint density at radius 1 is 0.622 bits per heavy atom. The highest BCUT2D eigenvalue weighted by Crippen LogP contribution is 2.38. The van der Waals surface area contributed by atoms with Gasteiger partial charge in [0.15, 0.2) is 0 Å². The Bertz CT molecular complexity index is 1300. The van der Waals surface area contributed by atoms with Crippen molar-refractivity contribution < 1.29 is 19.1 Å². The Labute approximate surface area is 218 Å². The fourth-order valence-corrected chi connectivity index (χ4v) is 4.75. The first-order valence-corrected chi connectivity index (χ1v) is 12.4. The SMILES string of the molecule is Cc1c(C(=O)OCc2ccccc2)[nH]c(C(C)(C)c2[nH]c(C(=O)OCc3ccccc3)c(C)c2C)c1C. The minimum Gasteiger partial charge on any atom is -0.456 e. The maximum Gasteiger partial charge on any atom is 0.355 e. The van der Waals surface area contributed by atoms with Crippen molar-refractivity contribution in [3.8, 4) is 0 Å². The highest BCUT2D eigenvalue weighted by molar-refractivity contribution is 5.91. The van der Waals surface area contributed by atoms with E-state index >= 15 is 0 Å². The van der Waals surface area contributed by atoms with Crippen LogP contribution in [0.15, 0.2) is 60.7 Å². The maximum absolute atomic E-state index is 12.9. The van der Waals surface area contributed by atoms with Gasteiger partial charge in [0.2, 0.25) is 0 Å². The molecule has 0 spiro atoms. The number of nitrogens with one attached hydrogen (secondary N) is 2. The molecular weight excluding hydrogens is 464 g/mol. The molecule has 0 saturated heterocycles. The van der Waals surface area contributed by atoms with E-state index in [9.17, 15) is 9.59 Å². The molecule has 0 amide bonds. The van der Waals surface area contributed by atoms with Crippen molar-refractivity contribution in [1.29, 1.82) is 0 Å². The van der Waals surface area contributed by atoms with Gasteiger partial charge in [-0.05, 0) is 74.9 Å². The van der Waals surface area contributed by atoms with E-state index in [2.05, 4.69) is 23.8 Å². The van der Waals surface area contributed by atoms with Gasteiger partial charge in [0.1, 0.15) is 24.6 Å². The number of H-pyrrole nitrogens is 2. The summed E-state index contributed by atoms with van der Waals surface area (Å²) in [6.45, 7) is 12.4. The van der Waals surface area contributed by atoms with Crippen LogP contribution in [0.1, 0.15) is 79.6 Å². The summed E-state index contributed by atoms with van der Waals surface area (Å²) >= 11 is 0. The second-order valence-corrected chi connectivity index (χ2v) is 10.00. The summed E-state index contributed by atoms with van der Waals surface area (Å²) in [6.07, 6.45) is 0. The fourth-order valence-electron chi connectivity index (χ4n) is 4.75. The summed E-state index contributed by atoms with van der Waals surface area (Å²) in [5.74, 6) is -0.785. The molecule has 6 nitrogen and oxygen atoms in total. The first kappa shape index (κ1) is 26.0. The van der Waals surface area contributed by atoms with E-state index in [1.54, 1.807) is 0 Å². The van der Waals surface area contributed by atoms with Crippen molar-refractivity contribution in [2.24, 2.45) is 0 Å². The van der Waals surface area contributed by atoms with Gasteiger partial charge in [-0.2, -0.15) is 0 Å². The number of carbonyl (C=O) groups excluding carboxylic acids is 2. The number of esters is 2. The van der Waals surface area contributed by atoms with Gasteiger partial charge in [0, 0.05) is 16.8 Å². The molecule has 0 saturated carbocycles. The Kier molecular flexibility index (Phi) is 7.39. The number of rotatable bonds is 8. The van der Waals surface area contributed by atoms with Gasteiger partial charge in [-0.15, -0.1) is 0 Å². The summed E-state index contributed by atoms with van der Waals surface area (Å²) in [6, 6.07) is 19.2. The molecular formula is C31H34N2O4. The third-order valence-electron chi connectivity index (χ3n) is 7.21. The molecule has 192 valence electrons. The Morgan fingerprint density at radius 3 is 1.32 bits per heavy atom. The Morgan fingerprint density at radius 2 is 0.973 bits per heavy atom. The second-order valence-electron chi connectivity index (χ2n) is 10.00. The molecule has 0 atom stereocenters. The molecule has 2 N–H and O–H groups in total. The average molecular weight is 499 g/mol. The van der Waals surface area contributed by atoms with Crippen molar-refractivity contribution in [2.75, 3.05) is 0 Å². The zero-order valence-electron chi connectivity index (χ0n) is 22.3. The van der Waals surface area contributed by atoms with Crippen molar-refractivity contribution >= 4 is 11.9 Å². The number of hydrogen-bond acceptors (Lipinski definition) is 4. The Balaban J connectivity index is 1.57. The first-order chi connectivity index (χ1) is 17.6. The third kappa shape index (κ3) is 5.24. The molecule has 0 radical (unpaired) electrons. The minimum absolute atomic E-state index is 0.208. The summed E-state index contributed by atoms with van der Waals surface area (Å²) in [4.78, 5) is 32.6. The van der Waals surface area contributed by atoms with Crippen LogP contribution in [0.3, 0.4) is 0 Å². The number of hydrogen-bond donors (Lipinski definition) is 2. The normalized spacial score (nSPS) is 11.4. The molecule has 6 heteroatoms. The maximum atomic E-state index is 12.9. The van der Waals surface area contributed by atoms with Gasteiger partial charge >= 0.3 is 11.9 Å². The van der Waals surface area contributed by atoms with E-state index in [0.29, 0.717) is 11.4 Å². The van der Waals surface area contributed by atoms with Crippen LogP contribution in [0.4, 0.5) is 0 Å². The standard InChI is InChI=1S/C31H34N2O4/c1-19-21(3)27(32-25(19)29(34)36-17-23-13-9-7-10-14-23)31(5,6)28-22(4)20(2)26(33-28)30(35)37-18-24-15-11-8-12-16-24/h7-16,32-33H,17-18H2,1-6H3. The van der Waals surface area contributed by atoms with E-state index in [-0.39, 0.29) is 13.2 Å². The second kappa shape index (κ2) is 10.5. The largest absolute Gasteiger partial charge is 0.456 e. The van der Waals surface area contributed by atoms with Crippen LogP contribution >= 0.6 is 0 Å². The zero-order valence-corrected chi connectivity index (χ0v) is 22.3. The molecule has 4 aromatic rings.